The van der Waals surface area contributed by atoms with Gasteiger partial charge in [0, 0.05) is 12.8 Å². The normalized spacial score (nSPS) is 12.3. The van der Waals surface area contributed by atoms with Crippen LogP contribution in [0, 0.1) is 0 Å². The van der Waals surface area contributed by atoms with Gasteiger partial charge < -0.3 is 4.74 Å². The molecule has 0 fully saturated rings. The van der Waals surface area contributed by atoms with Crippen molar-refractivity contribution in [3.05, 3.63) is 23.9 Å². The molecule has 0 N–H and O–H groups in total. The summed E-state index contributed by atoms with van der Waals surface area (Å²) in [6.45, 7) is 9.15. The van der Waals surface area contributed by atoms with Gasteiger partial charge in [0.05, 0.1) is 6.61 Å². The lowest BCUT2D eigenvalue weighted by Gasteiger charge is -2.03. The van der Waals surface area contributed by atoms with Crippen molar-refractivity contribution < 1.29 is 4.74 Å². The van der Waals surface area contributed by atoms with E-state index in [1.807, 2.05) is 12.2 Å². The van der Waals surface area contributed by atoms with E-state index in [9.17, 15) is 0 Å². The van der Waals surface area contributed by atoms with Crippen molar-refractivity contribution >= 4 is 6.72 Å². The molecule has 0 aliphatic heterocycles. The van der Waals surface area contributed by atoms with Gasteiger partial charge in [0.15, 0.2) is 0 Å². The Morgan fingerprint density at radius 3 is 2.77 bits per heavy atom. The first-order valence-electron chi connectivity index (χ1n) is 4.73. The van der Waals surface area contributed by atoms with Gasteiger partial charge in [0.1, 0.15) is 0 Å². The molecule has 74 valence electrons. The summed E-state index contributed by atoms with van der Waals surface area (Å²) in [7, 11) is 0. The Kier molecular flexibility index (Phi) is 8.57. The molecule has 2 heteroatoms. The van der Waals surface area contributed by atoms with Crippen LogP contribution in [0.5, 0.6) is 0 Å². The maximum absolute atomic E-state index is 5.42. The number of hydrogen-bond donors (Lipinski definition) is 0. The number of ether oxygens (including phenoxy) is 1. The van der Waals surface area contributed by atoms with Crippen molar-refractivity contribution in [2.45, 2.75) is 26.7 Å². The second-order valence-electron chi connectivity index (χ2n) is 2.76. The van der Waals surface area contributed by atoms with Crippen molar-refractivity contribution in [2.75, 3.05) is 13.2 Å². The van der Waals surface area contributed by atoms with Crippen LogP contribution < -0.4 is 0 Å². The number of rotatable bonds is 7. The van der Waals surface area contributed by atoms with Crippen LogP contribution in [-0.2, 0) is 4.74 Å². The standard InChI is InChI=1S/C11H19NO/c1-4-9-13-10-11(5-2)7-6-8-12-3/h6-8H,3-5,9-10H2,1-2H3/b8-6-,11-7-. The second-order valence-corrected chi connectivity index (χ2v) is 2.76. The van der Waals surface area contributed by atoms with Gasteiger partial charge >= 0.3 is 0 Å². The van der Waals surface area contributed by atoms with Crippen molar-refractivity contribution in [1.29, 1.82) is 0 Å². The molecule has 0 radical (unpaired) electrons. The summed E-state index contributed by atoms with van der Waals surface area (Å²) in [5.41, 5.74) is 1.29. The quantitative estimate of drug-likeness (QED) is 0.336. The third-order valence-electron chi connectivity index (χ3n) is 1.61. The molecule has 0 saturated heterocycles. The zero-order chi connectivity index (χ0) is 9.94. The Hall–Kier alpha value is -0.890. The summed E-state index contributed by atoms with van der Waals surface area (Å²) in [5.74, 6) is 0. The van der Waals surface area contributed by atoms with Gasteiger partial charge in [-0.15, -0.1) is 0 Å². The van der Waals surface area contributed by atoms with E-state index in [4.69, 9.17) is 4.74 Å². The van der Waals surface area contributed by atoms with Crippen LogP contribution in [0.15, 0.2) is 28.9 Å². The second kappa shape index (κ2) is 9.20. The van der Waals surface area contributed by atoms with Crippen LogP contribution in [0.3, 0.4) is 0 Å². The highest BCUT2D eigenvalue weighted by Crippen LogP contribution is 2.01. The van der Waals surface area contributed by atoms with E-state index in [2.05, 4.69) is 25.6 Å². The van der Waals surface area contributed by atoms with Crippen molar-refractivity contribution in [1.82, 2.24) is 0 Å². The molecule has 0 aromatic carbocycles. The van der Waals surface area contributed by atoms with Crippen molar-refractivity contribution in [3.63, 3.8) is 0 Å². The van der Waals surface area contributed by atoms with Gasteiger partial charge in [-0.2, -0.15) is 0 Å². The van der Waals surface area contributed by atoms with Crippen LogP contribution in [0.2, 0.25) is 0 Å². The minimum atomic E-state index is 0.728. The average Bonchev–Trinajstić information content (AvgIpc) is 2.16. The Morgan fingerprint density at radius 2 is 2.23 bits per heavy atom. The van der Waals surface area contributed by atoms with Crippen molar-refractivity contribution in [3.8, 4) is 0 Å². The Morgan fingerprint density at radius 1 is 1.46 bits per heavy atom. The molecule has 0 heterocycles. The highest BCUT2D eigenvalue weighted by Gasteiger charge is 1.91. The van der Waals surface area contributed by atoms with Gasteiger partial charge in [-0.1, -0.05) is 19.9 Å². The van der Waals surface area contributed by atoms with Crippen LogP contribution in [0.1, 0.15) is 26.7 Å². The molecule has 0 bridgehead atoms. The van der Waals surface area contributed by atoms with Crippen LogP contribution in [-0.4, -0.2) is 19.9 Å². The molecule has 0 amide bonds. The maximum atomic E-state index is 5.42. The topological polar surface area (TPSA) is 21.6 Å². The average molecular weight is 181 g/mol. The monoisotopic (exact) mass is 181 g/mol. The third kappa shape index (κ3) is 7.47. The van der Waals surface area contributed by atoms with E-state index in [0.717, 1.165) is 26.1 Å². The summed E-state index contributed by atoms with van der Waals surface area (Å²) in [6, 6.07) is 0. The predicted octanol–water partition coefficient (Wildman–Crippen LogP) is 2.96. The number of nitrogens with zero attached hydrogens (tertiary/aromatic N) is 1. The fourth-order valence-electron chi connectivity index (χ4n) is 0.856. The SMILES string of the molecule is C=N/C=C\C=C(\CC)COCCC. The van der Waals surface area contributed by atoms with Gasteiger partial charge in [0.2, 0.25) is 0 Å². The lowest BCUT2D eigenvalue weighted by atomic mass is 10.2. The van der Waals surface area contributed by atoms with E-state index < -0.39 is 0 Å². The van der Waals surface area contributed by atoms with E-state index in [0.29, 0.717) is 0 Å². The van der Waals surface area contributed by atoms with E-state index in [1.54, 1.807) is 6.20 Å². The maximum Gasteiger partial charge on any atom is 0.0679 e. The summed E-state index contributed by atoms with van der Waals surface area (Å²) in [5, 5.41) is 0. The smallest absolute Gasteiger partial charge is 0.0679 e. The molecule has 2 nitrogen and oxygen atoms in total. The van der Waals surface area contributed by atoms with Gasteiger partial charge in [0.25, 0.3) is 0 Å². The first-order valence-corrected chi connectivity index (χ1v) is 4.73. The molecule has 0 atom stereocenters. The molecular weight excluding hydrogens is 162 g/mol. The molecule has 13 heavy (non-hydrogen) atoms. The molecular formula is C11H19NO. The van der Waals surface area contributed by atoms with Gasteiger partial charge in [-0.05, 0) is 31.2 Å². The first kappa shape index (κ1) is 12.1. The lowest BCUT2D eigenvalue weighted by Crippen LogP contribution is -1.98. The molecule has 0 spiro atoms. The zero-order valence-electron chi connectivity index (χ0n) is 8.62. The molecule has 0 rings (SSSR count). The van der Waals surface area contributed by atoms with Gasteiger partial charge in [-0.3, -0.25) is 4.99 Å². The fraction of sp³-hybridized carbons (Fsp3) is 0.545. The molecule has 0 aliphatic carbocycles. The Labute approximate surface area is 81.0 Å². The Balaban J connectivity index is 3.79. The van der Waals surface area contributed by atoms with Gasteiger partial charge in [-0.25, -0.2) is 0 Å². The van der Waals surface area contributed by atoms with E-state index >= 15 is 0 Å². The molecule has 0 saturated carbocycles. The van der Waals surface area contributed by atoms with Crippen LogP contribution >= 0.6 is 0 Å². The summed E-state index contributed by atoms with van der Waals surface area (Å²) < 4.78 is 5.42. The van der Waals surface area contributed by atoms with E-state index in [-0.39, 0.29) is 0 Å². The first-order chi connectivity index (χ1) is 6.35. The minimum absolute atomic E-state index is 0.728. The highest BCUT2D eigenvalue weighted by molar-refractivity contribution is 5.26. The van der Waals surface area contributed by atoms with Crippen molar-refractivity contribution in [2.24, 2.45) is 4.99 Å². The number of hydrogen-bond acceptors (Lipinski definition) is 2. The van der Waals surface area contributed by atoms with Crippen LogP contribution in [0.4, 0.5) is 0 Å². The Bertz CT molecular complexity index is 183. The molecule has 0 aromatic heterocycles. The van der Waals surface area contributed by atoms with E-state index in [1.165, 1.54) is 5.57 Å². The molecule has 0 aliphatic rings. The predicted molar refractivity (Wildman–Crippen MR) is 58.2 cm³/mol. The summed E-state index contributed by atoms with van der Waals surface area (Å²) in [4.78, 5) is 3.62. The summed E-state index contributed by atoms with van der Waals surface area (Å²) >= 11 is 0. The summed E-state index contributed by atoms with van der Waals surface area (Å²) in [6.07, 6.45) is 7.69. The molecule has 0 unspecified atom stereocenters. The zero-order valence-corrected chi connectivity index (χ0v) is 8.62. The fourth-order valence-corrected chi connectivity index (χ4v) is 0.856. The highest BCUT2D eigenvalue weighted by atomic mass is 16.5. The minimum Gasteiger partial charge on any atom is -0.377 e. The number of allylic oxidation sites excluding steroid dienone is 2. The lowest BCUT2D eigenvalue weighted by molar-refractivity contribution is 0.155. The molecule has 0 aromatic rings. The van der Waals surface area contributed by atoms with Crippen LogP contribution in [0.25, 0.3) is 0 Å². The third-order valence-corrected chi connectivity index (χ3v) is 1.61. The number of aliphatic imine (C=N–C) groups is 1. The largest absolute Gasteiger partial charge is 0.377 e.